The number of benzene rings is 1. The summed E-state index contributed by atoms with van der Waals surface area (Å²) in [5.74, 6) is 1.20. The predicted molar refractivity (Wildman–Crippen MR) is 128 cm³/mol. The Labute approximate surface area is 195 Å². The molecular formula is C24H33ClN6O. The maximum Gasteiger partial charge on any atom is 0.228 e. The fourth-order valence-electron chi connectivity index (χ4n) is 4.60. The zero-order valence-electron chi connectivity index (χ0n) is 19.0. The smallest absolute Gasteiger partial charge is 0.228 e. The summed E-state index contributed by atoms with van der Waals surface area (Å²) in [5, 5.41) is 7.22. The Hall–Kier alpha value is -2.22. The van der Waals surface area contributed by atoms with E-state index in [1.54, 1.807) is 6.33 Å². The van der Waals surface area contributed by atoms with Gasteiger partial charge in [0.1, 0.15) is 12.1 Å². The lowest BCUT2D eigenvalue weighted by atomic mass is 9.97. The summed E-state index contributed by atoms with van der Waals surface area (Å²) in [6.45, 7) is 8.12. The Morgan fingerprint density at radius 1 is 1.16 bits per heavy atom. The van der Waals surface area contributed by atoms with Gasteiger partial charge in [0.15, 0.2) is 0 Å². The van der Waals surface area contributed by atoms with Crippen molar-refractivity contribution in [1.29, 1.82) is 0 Å². The molecule has 1 aromatic carbocycles. The Kier molecular flexibility index (Phi) is 7.60. The van der Waals surface area contributed by atoms with Crippen LogP contribution in [-0.4, -0.2) is 78.5 Å². The highest BCUT2D eigenvalue weighted by Gasteiger charge is 2.26. The Balaban J connectivity index is 1.35. The van der Waals surface area contributed by atoms with E-state index in [-0.39, 0.29) is 11.8 Å². The number of carbonyl (C=O) groups excluding carboxylic acids is 1. The number of hydrogen-bond acceptors (Lipinski definition) is 6. The van der Waals surface area contributed by atoms with Crippen molar-refractivity contribution >= 4 is 23.3 Å². The molecule has 0 saturated carbocycles. The van der Waals surface area contributed by atoms with Crippen molar-refractivity contribution in [2.24, 2.45) is 0 Å². The zero-order valence-corrected chi connectivity index (χ0v) is 19.7. The van der Waals surface area contributed by atoms with Gasteiger partial charge in [0.05, 0.1) is 5.92 Å². The summed E-state index contributed by atoms with van der Waals surface area (Å²) < 4.78 is 0. The van der Waals surface area contributed by atoms with Gasteiger partial charge in [-0.15, -0.1) is 0 Å². The van der Waals surface area contributed by atoms with Gasteiger partial charge in [-0.2, -0.15) is 0 Å². The van der Waals surface area contributed by atoms with E-state index in [1.165, 1.54) is 5.56 Å². The van der Waals surface area contributed by atoms with Gasteiger partial charge in [-0.25, -0.2) is 9.97 Å². The molecule has 7 nitrogen and oxygen atoms in total. The van der Waals surface area contributed by atoms with E-state index in [1.807, 2.05) is 24.3 Å². The number of aryl methyl sites for hydroxylation is 1. The van der Waals surface area contributed by atoms with Gasteiger partial charge >= 0.3 is 0 Å². The largest absolute Gasteiger partial charge is 0.368 e. The topological polar surface area (TPSA) is 73.4 Å². The van der Waals surface area contributed by atoms with E-state index in [9.17, 15) is 4.79 Å². The minimum atomic E-state index is -0.223. The van der Waals surface area contributed by atoms with E-state index in [2.05, 4.69) is 44.4 Å². The maximum atomic E-state index is 13.2. The van der Waals surface area contributed by atoms with Crippen LogP contribution in [0.4, 0.5) is 5.82 Å². The highest BCUT2D eigenvalue weighted by Crippen LogP contribution is 2.35. The molecule has 1 amide bonds. The van der Waals surface area contributed by atoms with Crippen molar-refractivity contribution in [2.45, 2.75) is 31.6 Å². The first kappa shape index (κ1) is 23.0. The Morgan fingerprint density at radius 3 is 2.66 bits per heavy atom. The molecule has 32 heavy (non-hydrogen) atoms. The van der Waals surface area contributed by atoms with E-state index in [4.69, 9.17) is 11.6 Å². The molecule has 0 radical (unpaired) electrons. The number of rotatable bonds is 8. The summed E-state index contributed by atoms with van der Waals surface area (Å²) in [5.41, 5.74) is 3.38. The molecule has 1 saturated heterocycles. The number of carbonyl (C=O) groups is 1. The van der Waals surface area contributed by atoms with Gasteiger partial charge in [0.2, 0.25) is 5.91 Å². The first-order chi connectivity index (χ1) is 15.5. The molecule has 0 bridgehead atoms. The zero-order chi connectivity index (χ0) is 22.5. The Bertz CT molecular complexity index is 913. The van der Waals surface area contributed by atoms with Crippen LogP contribution in [0.5, 0.6) is 0 Å². The number of piperazine rings is 1. The minimum absolute atomic E-state index is 0.0503. The molecular weight excluding hydrogens is 424 g/mol. The van der Waals surface area contributed by atoms with Crippen LogP contribution in [-0.2, 0) is 11.2 Å². The summed E-state index contributed by atoms with van der Waals surface area (Å²) in [6.07, 6.45) is 3.76. The molecule has 1 aliphatic carbocycles. The molecule has 2 N–H and O–H groups in total. The average Bonchev–Trinajstić information content (AvgIpc) is 3.18. The first-order valence-corrected chi connectivity index (χ1v) is 11.9. The molecule has 0 unspecified atom stereocenters. The summed E-state index contributed by atoms with van der Waals surface area (Å²) in [4.78, 5) is 26.7. The number of halogens is 1. The van der Waals surface area contributed by atoms with Crippen LogP contribution >= 0.6 is 11.6 Å². The van der Waals surface area contributed by atoms with Crippen molar-refractivity contribution in [1.82, 2.24) is 25.1 Å². The van der Waals surface area contributed by atoms with Gasteiger partial charge in [-0.05, 0) is 43.5 Å². The van der Waals surface area contributed by atoms with Crippen molar-refractivity contribution in [3.05, 3.63) is 52.4 Å². The molecule has 2 atom stereocenters. The monoisotopic (exact) mass is 456 g/mol. The van der Waals surface area contributed by atoms with Gasteiger partial charge in [0.25, 0.3) is 0 Å². The van der Waals surface area contributed by atoms with Crippen LogP contribution in [0.1, 0.15) is 42.0 Å². The van der Waals surface area contributed by atoms with Gasteiger partial charge in [0, 0.05) is 62.1 Å². The normalized spacial score (nSPS) is 20.0. The predicted octanol–water partition coefficient (Wildman–Crippen LogP) is 2.74. The molecule has 1 aromatic heterocycles. The van der Waals surface area contributed by atoms with Crippen molar-refractivity contribution in [3.8, 4) is 0 Å². The maximum absolute atomic E-state index is 13.2. The molecule has 2 heterocycles. The van der Waals surface area contributed by atoms with Crippen LogP contribution in [0, 0.1) is 0 Å². The molecule has 2 aliphatic rings. The third-order valence-electron chi connectivity index (χ3n) is 6.62. The molecule has 8 heteroatoms. The lowest BCUT2D eigenvalue weighted by molar-refractivity contribution is -0.123. The second-order valence-corrected chi connectivity index (χ2v) is 9.38. The average molecular weight is 457 g/mol. The molecule has 1 fully saturated rings. The molecule has 4 rings (SSSR count). The highest BCUT2D eigenvalue weighted by atomic mass is 35.5. The molecule has 1 aliphatic heterocycles. The van der Waals surface area contributed by atoms with Crippen LogP contribution in [0.2, 0.25) is 5.02 Å². The fraction of sp³-hybridized carbons (Fsp3) is 0.542. The van der Waals surface area contributed by atoms with E-state index in [0.29, 0.717) is 30.6 Å². The minimum Gasteiger partial charge on any atom is -0.368 e. The number of nitrogens with zero attached hydrogens (tertiary/aromatic N) is 4. The number of fused-ring (bicyclic) bond motifs is 1. The standard InChI is InChI=1S/C24H33ClN6O/c1-17-3-8-21-22(17)23(29-16-28-21)26-9-10-27-24(32)20(18-4-6-19(25)7-5-18)15-31-13-11-30(2)12-14-31/h4-7,16-17,20H,3,8-15H2,1-2H3,(H,27,32)(H,26,28,29)/t17-,20-/m1/s1. The second-order valence-electron chi connectivity index (χ2n) is 8.95. The Morgan fingerprint density at radius 2 is 1.91 bits per heavy atom. The third kappa shape index (κ3) is 5.57. The SMILES string of the molecule is C[C@@H]1CCc2ncnc(NCCNC(=O)[C@H](CN3CCN(C)CC3)c3ccc(Cl)cc3)c21. The van der Waals surface area contributed by atoms with E-state index in [0.717, 1.165) is 56.1 Å². The number of hydrogen-bond donors (Lipinski definition) is 2. The molecule has 2 aromatic rings. The summed E-state index contributed by atoms with van der Waals surface area (Å²) >= 11 is 6.08. The number of nitrogens with one attached hydrogen (secondary N) is 2. The first-order valence-electron chi connectivity index (χ1n) is 11.5. The van der Waals surface area contributed by atoms with Crippen molar-refractivity contribution in [3.63, 3.8) is 0 Å². The van der Waals surface area contributed by atoms with Crippen molar-refractivity contribution in [2.75, 3.05) is 58.2 Å². The van der Waals surface area contributed by atoms with Crippen molar-refractivity contribution < 1.29 is 4.79 Å². The molecule has 0 spiro atoms. The van der Waals surface area contributed by atoms with Crippen LogP contribution < -0.4 is 10.6 Å². The van der Waals surface area contributed by atoms with Crippen LogP contribution in [0.15, 0.2) is 30.6 Å². The quantitative estimate of drug-likeness (QED) is 0.595. The second kappa shape index (κ2) is 10.6. The number of likely N-dealkylation sites (N-methyl/N-ethyl adjacent to an activating group) is 1. The van der Waals surface area contributed by atoms with Crippen LogP contribution in [0.3, 0.4) is 0 Å². The number of aromatic nitrogens is 2. The highest BCUT2D eigenvalue weighted by molar-refractivity contribution is 6.30. The van der Waals surface area contributed by atoms with Gasteiger partial charge in [-0.1, -0.05) is 30.7 Å². The number of anilines is 1. The summed E-state index contributed by atoms with van der Waals surface area (Å²) in [6, 6.07) is 7.65. The van der Waals surface area contributed by atoms with E-state index < -0.39 is 0 Å². The van der Waals surface area contributed by atoms with E-state index >= 15 is 0 Å². The number of amides is 1. The molecule has 172 valence electrons. The van der Waals surface area contributed by atoms with Gasteiger partial charge in [-0.3, -0.25) is 9.69 Å². The fourth-order valence-corrected chi connectivity index (χ4v) is 4.73. The third-order valence-corrected chi connectivity index (χ3v) is 6.87. The lowest BCUT2D eigenvalue weighted by Crippen LogP contribution is -2.47. The van der Waals surface area contributed by atoms with Crippen LogP contribution in [0.25, 0.3) is 0 Å². The summed E-state index contributed by atoms with van der Waals surface area (Å²) in [7, 11) is 2.14. The lowest BCUT2D eigenvalue weighted by Gasteiger charge is -2.34. The van der Waals surface area contributed by atoms with Gasteiger partial charge < -0.3 is 15.5 Å².